The molecule has 0 radical (unpaired) electrons. The first-order valence-electron chi connectivity index (χ1n) is 32.1. The molecule has 0 aliphatic carbocycles. The molecule has 9 heteroatoms. The molecule has 8 nitrogen and oxygen atoms in total. The van der Waals surface area contributed by atoms with E-state index in [9.17, 15) is 19.4 Å². The molecule has 0 aliphatic rings. The quantitative estimate of drug-likeness (QED) is 0.0243. The molecule has 1 amide bonds. The largest absolute Gasteiger partial charge is 0.472 e. The summed E-state index contributed by atoms with van der Waals surface area (Å²) in [5.74, 6) is -0.178. The normalized spacial score (nSPS) is 14.4. The number of hydrogen-bond donors (Lipinski definition) is 3. The minimum Gasteiger partial charge on any atom is -0.387 e. The minimum atomic E-state index is -4.35. The van der Waals surface area contributed by atoms with E-state index in [0.29, 0.717) is 17.4 Å². The number of rotatable bonds is 58. The van der Waals surface area contributed by atoms with Crippen molar-refractivity contribution in [3.05, 3.63) is 97.2 Å². The highest BCUT2D eigenvalue weighted by atomic mass is 31.2. The van der Waals surface area contributed by atoms with Gasteiger partial charge in [0.1, 0.15) is 13.2 Å². The maximum Gasteiger partial charge on any atom is 0.472 e. The number of unbranched alkanes of at least 4 members (excludes halogenated alkanes) is 31. The Hall–Kier alpha value is -2.58. The number of phosphoric ester groups is 1. The van der Waals surface area contributed by atoms with Gasteiger partial charge in [0, 0.05) is 6.42 Å². The summed E-state index contributed by atoms with van der Waals surface area (Å²) in [5, 5.41) is 14.0. The Kier molecular flexibility index (Phi) is 56.1. The van der Waals surface area contributed by atoms with Crippen LogP contribution in [0.5, 0.6) is 0 Å². The molecule has 77 heavy (non-hydrogen) atoms. The fourth-order valence-corrected chi connectivity index (χ4v) is 9.82. The second-order valence-electron chi connectivity index (χ2n) is 22.8. The number of nitrogens with one attached hydrogen (secondary N) is 1. The number of carbonyl (C=O) groups is 1. The van der Waals surface area contributed by atoms with Crippen molar-refractivity contribution in [3.63, 3.8) is 0 Å². The average molecular weight is 1100 g/mol. The molecule has 0 saturated heterocycles. The third-order valence-electron chi connectivity index (χ3n) is 14.1. The van der Waals surface area contributed by atoms with Gasteiger partial charge in [0.15, 0.2) is 0 Å². The van der Waals surface area contributed by atoms with Crippen molar-refractivity contribution in [1.82, 2.24) is 5.32 Å². The van der Waals surface area contributed by atoms with Crippen molar-refractivity contribution in [1.29, 1.82) is 0 Å². The SMILES string of the molecule is CC/C=C\C/C=C\C/C=C\C/C=C\C/C=C\C/C=C\C/C=C\CCCCCCCCCCCCCCCCCC(=O)NC(COP(=O)(O)OCC[N+](C)(C)C)C(O)/C=C/CCCCCCCCCCCCCCCCCC. The number of hydrogen-bond acceptors (Lipinski definition) is 5. The van der Waals surface area contributed by atoms with Crippen molar-refractivity contribution in [2.45, 2.75) is 289 Å². The lowest BCUT2D eigenvalue weighted by Gasteiger charge is -2.25. The number of aliphatic hydroxyl groups excluding tert-OH is 1. The molecule has 0 aromatic heterocycles. The summed E-state index contributed by atoms with van der Waals surface area (Å²) in [5.41, 5.74) is 0. The molecule has 0 heterocycles. The smallest absolute Gasteiger partial charge is 0.387 e. The molecule has 0 aromatic carbocycles. The highest BCUT2D eigenvalue weighted by Gasteiger charge is 2.27. The number of nitrogens with zero attached hydrogens (tertiary/aromatic N) is 1. The predicted octanol–water partition coefficient (Wildman–Crippen LogP) is 20.2. The first kappa shape index (κ1) is 74.4. The van der Waals surface area contributed by atoms with E-state index in [2.05, 4.69) is 104 Å². The van der Waals surface area contributed by atoms with E-state index in [-0.39, 0.29) is 19.1 Å². The summed E-state index contributed by atoms with van der Waals surface area (Å²) in [4.78, 5) is 23.4. The minimum absolute atomic E-state index is 0.0592. The van der Waals surface area contributed by atoms with Crippen LogP contribution in [0.1, 0.15) is 277 Å². The Morgan fingerprint density at radius 2 is 0.779 bits per heavy atom. The predicted molar refractivity (Wildman–Crippen MR) is 336 cm³/mol. The van der Waals surface area contributed by atoms with Crippen LogP contribution in [0.2, 0.25) is 0 Å². The van der Waals surface area contributed by atoms with E-state index < -0.39 is 20.0 Å². The second-order valence-corrected chi connectivity index (χ2v) is 24.2. The van der Waals surface area contributed by atoms with Crippen LogP contribution in [0.4, 0.5) is 0 Å². The lowest BCUT2D eigenvalue weighted by Crippen LogP contribution is -2.45. The zero-order chi connectivity index (χ0) is 56.3. The first-order chi connectivity index (χ1) is 37.5. The monoisotopic (exact) mass is 1100 g/mol. The van der Waals surface area contributed by atoms with Gasteiger partial charge in [-0.15, -0.1) is 0 Å². The second kappa shape index (κ2) is 58.1. The Labute approximate surface area is 477 Å². The van der Waals surface area contributed by atoms with Gasteiger partial charge in [-0.25, -0.2) is 4.57 Å². The van der Waals surface area contributed by atoms with Crippen LogP contribution in [-0.2, 0) is 18.4 Å². The summed E-state index contributed by atoms with van der Waals surface area (Å²) in [6, 6.07) is -0.851. The zero-order valence-corrected chi connectivity index (χ0v) is 51.8. The molecule has 0 bridgehead atoms. The van der Waals surface area contributed by atoms with Crippen molar-refractivity contribution in [2.24, 2.45) is 0 Å². The van der Waals surface area contributed by atoms with Crippen LogP contribution < -0.4 is 5.32 Å². The lowest BCUT2D eigenvalue weighted by atomic mass is 10.0. The molecule has 446 valence electrons. The van der Waals surface area contributed by atoms with E-state index in [1.54, 1.807) is 6.08 Å². The summed E-state index contributed by atoms with van der Waals surface area (Å²) in [6.45, 7) is 4.72. The highest BCUT2D eigenvalue weighted by Crippen LogP contribution is 2.43. The third-order valence-corrected chi connectivity index (χ3v) is 15.0. The maximum absolute atomic E-state index is 13.0. The number of likely N-dealkylation sites (N-methyl/N-ethyl adjacent to an activating group) is 1. The van der Waals surface area contributed by atoms with Crippen LogP contribution in [0.15, 0.2) is 97.2 Å². The Morgan fingerprint density at radius 1 is 0.455 bits per heavy atom. The van der Waals surface area contributed by atoms with Crippen molar-refractivity contribution in [2.75, 3.05) is 40.9 Å². The topological polar surface area (TPSA) is 105 Å². The zero-order valence-electron chi connectivity index (χ0n) is 50.9. The molecule has 0 spiro atoms. The van der Waals surface area contributed by atoms with E-state index in [4.69, 9.17) is 9.05 Å². The van der Waals surface area contributed by atoms with Crippen LogP contribution in [0.25, 0.3) is 0 Å². The number of allylic oxidation sites excluding steroid dienone is 15. The van der Waals surface area contributed by atoms with Crippen molar-refractivity contribution >= 4 is 13.7 Å². The number of amides is 1. The maximum atomic E-state index is 13.0. The summed E-state index contributed by atoms with van der Waals surface area (Å²) in [7, 11) is 1.57. The van der Waals surface area contributed by atoms with Gasteiger partial charge in [0.25, 0.3) is 0 Å². The summed E-state index contributed by atoms with van der Waals surface area (Å²) >= 11 is 0. The van der Waals surface area contributed by atoms with Crippen LogP contribution in [-0.4, -0.2) is 73.4 Å². The van der Waals surface area contributed by atoms with Gasteiger partial charge in [-0.3, -0.25) is 13.8 Å². The number of phosphoric acid groups is 1. The van der Waals surface area contributed by atoms with Gasteiger partial charge in [-0.2, -0.15) is 0 Å². The molecular formula is C68H124N2O6P+. The highest BCUT2D eigenvalue weighted by molar-refractivity contribution is 7.47. The van der Waals surface area contributed by atoms with Gasteiger partial charge in [-0.1, -0.05) is 291 Å². The van der Waals surface area contributed by atoms with Gasteiger partial charge >= 0.3 is 7.82 Å². The Bertz CT molecular complexity index is 1570. The van der Waals surface area contributed by atoms with Crippen LogP contribution in [0.3, 0.4) is 0 Å². The standard InChI is InChI=1S/C68H123N2O6P/c1-6-8-10-12-14-16-18-20-22-24-26-27-28-29-30-31-32-33-34-35-36-37-38-39-40-41-42-43-44-46-48-50-52-54-56-58-60-62-68(72)69-66(65-76-77(73,74)75-64-63-70(3,4)5)67(71)61-59-57-55-53-51-49-47-45-25-23-21-19-17-15-13-11-9-7-2/h8,10,14,16,20,22,26-27,29-30,32-33,35-36,59,61,66-67,71H,6-7,9,11-13,15,17-19,21,23-25,28,31,34,37-58,60,62-65H2,1-5H3,(H-,69,72,73,74)/p+1/b10-8-,16-14-,22-20-,27-26-,30-29-,33-32-,36-35-,61-59+. The lowest BCUT2D eigenvalue weighted by molar-refractivity contribution is -0.870. The third kappa shape index (κ3) is 60.9. The van der Waals surface area contributed by atoms with Crippen LogP contribution in [0, 0.1) is 0 Å². The number of carbonyl (C=O) groups excluding carboxylic acids is 1. The number of aliphatic hydroxyl groups is 1. The molecule has 0 aliphatic heterocycles. The molecule has 0 fully saturated rings. The van der Waals surface area contributed by atoms with E-state index in [0.717, 1.165) is 83.5 Å². The molecular weight excluding hydrogens is 972 g/mol. The van der Waals surface area contributed by atoms with E-state index in [1.165, 1.54) is 173 Å². The van der Waals surface area contributed by atoms with Crippen molar-refractivity contribution in [3.8, 4) is 0 Å². The summed E-state index contributed by atoms with van der Waals surface area (Å²) in [6.07, 6.45) is 83.8. The molecule has 0 rings (SSSR count). The molecule has 3 atom stereocenters. The fraction of sp³-hybridized carbons (Fsp3) is 0.750. The first-order valence-corrected chi connectivity index (χ1v) is 33.6. The molecule has 0 aromatic rings. The molecule has 3 N–H and O–H groups in total. The van der Waals surface area contributed by atoms with Gasteiger partial charge < -0.3 is 19.8 Å². The van der Waals surface area contributed by atoms with Gasteiger partial charge in [0.05, 0.1) is 39.9 Å². The Morgan fingerprint density at radius 3 is 1.14 bits per heavy atom. The summed E-state index contributed by atoms with van der Waals surface area (Å²) < 4.78 is 23.8. The van der Waals surface area contributed by atoms with Gasteiger partial charge in [0.2, 0.25) is 5.91 Å². The molecule has 0 saturated carbocycles. The molecule has 3 unspecified atom stereocenters. The fourth-order valence-electron chi connectivity index (χ4n) is 9.08. The van der Waals surface area contributed by atoms with E-state index >= 15 is 0 Å². The average Bonchev–Trinajstić information content (AvgIpc) is 3.39. The van der Waals surface area contributed by atoms with Crippen LogP contribution >= 0.6 is 7.82 Å². The van der Waals surface area contributed by atoms with Crippen molar-refractivity contribution < 1.29 is 32.9 Å². The number of quaternary nitrogens is 1. The Balaban J connectivity index is 4.07. The van der Waals surface area contributed by atoms with Gasteiger partial charge in [-0.05, 0) is 77.0 Å². The van der Waals surface area contributed by atoms with E-state index in [1.807, 2.05) is 27.2 Å².